The molecule has 3 nitrogen and oxygen atoms in total. The van der Waals surface area contributed by atoms with E-state index in [4.69, 9.17) is 10.5 Å². The highest BCUT2D eigenvalue weighted by molar-refractivity contribution is 7.06. The molecular formula is C10H16N2OS. The minimum absolute atomic E-state index is 0.314. The zero-order valence-electron chi connectivity index (χ0n) is 8.40. The minimum Gasteiger partial charge on any atom is -0.480 e. The van der Waals surface area contributed by atoms with Crippen LogP contribution in [0.4, 0.5) is 0 Å². The van der Waals surface area contributed by atoms with E-state index in [-0.39, 0.29) is 0 Å². The summed E-state index contributed by atoms with van der Waals surface area (Å²) in [5.74, 6) is 1.23. The van der Waals surface area contributed by atoms with Crippen LogP contribution in [-0.2, 0) is 0 Å². The lowest BCUT2D eigenvalue weighted by Crippen LogP contribution is -2.30. The molecule has 1 aliphatic carbocycles. The highest BCUT2D eigenvalue weighted by Crippen LogP contribution is 2.35. The smallest absolute Gasteiger partial charge is 0.225 e. The second kappa shape index (κ2) is 4.28. The van der Waals surface area contributed by atoms with Gasteiger partial charge in [-0.25, -0.2) is 0 Å². The Labute approximate surface area is 88.4 Å². The largest absolute Gasteiger partial charge is 0.480 e. The third-order valence-electron chi connectivity index (χ3n) is 2.90. The van der Waals surface area contributed by atoms with Crippen molar-refractivity contribution in [3.8, 4) is 5.88 Å². The van der Waals surface area contributed by atoms with Crippen LogP contribution in [0.3, 0.4) is 0 Å². The van der Waals surface area contributed by atoms with Crippen LogP contribution in [0, 0.1) is 0 Å². The summed E-state index contributed by atoms with van der Waals surface area (Å²) in [6.07, 6.45) is 4.91. The van der Waals surface area contributed by atoms with E-state index in [1.54, 1.807) is 7.11 Å². The first-order chi connectivity index (χ1) is 6.81. The van der Waals surface area contributed by atoms with E-state index in [2.05, 4.69) is 4.37 Å². The van der Waals surface area contributed by atoms with E-state index in [1.807, 2.05) is 6.07 Å². The van der Waals surface area contributed by atoms with E-state index in [0.717, 1.165) is 12.3 Å². The van der Waals surface area contributed by atoms with Crippen molar-refractivity contribution in [3.05, 3.63) is 10.9 Å². The first-order valence-corrected chi connectivity index (χ1v) is 5.85. The zero-order valence-corrected chi connectivity index (χ0v) is 9.22. The predicted molar refractivity (Wildman–Crippen MR) is 57.9 cm³/mol. The number of nitrogens with two attached hydrogens (primary N) is 1. The van der Waals surface area contributed by atoms with Crippen LogP contribution in [0.1, 0.15) is 36.5 Å². The predicted octanol–water partition coefficient (Wildman–Crippen LogP) is 2.14. The Kier molecular flexibility index (Phi) is 3.03. The van der Waals surface area contributed by atoms with Gasteiger partial charge in [-0.2, -0.15) is 4.37 Å². The highest BCUT2D eigenvalue weighted by Gasteiger charge is 2.25. The maximum atomic E-state index is 6.10. The van der Waals surface area contributed by atoms with Gasteiger partial charge in [-0.05, 0) is 24.4 Å². The molecule has 0 aromatic carbocycles. The highest BCUT2D eigenvalue weighted by atomic mass is 32.1. The van der Waals surface area contributed by atoms with E-state index < -0.39 is 0 Å². The summed E-state index contributed by atoms with van der Waals surface area (Å²) in [5.41, 5.74) is 6.10. The van der Waals surface area contributed by atoms with Crippen molar-refractivity contribution in [1.29, 1.82) is 0 Å². The van der Waals surface area contributed by atoms with Crippen molar-refractivity contribution < 1.29 is 4.74 Å². The van der Waals surface area contributed by atoms with Crippen molar-refractivity contribution in [2.75, 3.05) is 7.11 Å². The number of ether oxygens (including phenoxy) is 1. The van der Waals surface area contributed by atoms with Gasteiger partial charge in [-0.15, -0.1) is 0 Å². The van der Waals surface area contributed by atoms with Crippen LogP contribution in [0.5, 0.6) is 5.88 Å². The summed E-state index contributed by atoms with van der Waals surface area (Å²) in [7, 11) is 1.65. The van der Waals surface area contributed by atoms with Crippen molar-refractivity contribution in [2.45, 2.75) is 37.6 Å². The fourth-order valence-electron chi connectivity index (χ4n) is 2.06. The molecule has 2 rings (SSSR count). The number of aromatic nitrogens is 1. The maximum Gasteiger partial charge on any atom is 0.225 e. The second-order valence-electron chi connectivity index (χ2n) is 3.83. The zero-order chi connectivity index (χ0) is 9.97. The van der Waals surface area contributed by atoms with Gasteiger partial charge in [0.1, 0.15) is 0 Å². The summed E-state index contributed by atoms with van der Waals surface area (Å²) in [6.45, 7) is 0. The number of hydrogen-bond donors (Lipinski definition) is 1. The first kappa shape index (κ1) is 9.93. The normalized spacial score (nSPS) is 27.6. The molecule has 1 aromatic heterocycles. The number of methoxy groups -OCH3 is 1. The maximum absolute atomic E-state index is 6.10. The summed E-state index contributed by atoms with van der Waals surface area (Å²) in [4.78, 5) is 1.29. The number of rotatable bonds is 2. The molecule has 0 radical (unpaired) electrons. The van der Waals surface area contributed by atoms with Crippen LogP contribution in [0.2, 0.25) is 0 Å². The SMILES string of the molecule is COc1cc(C2CCCCC2N)sn1. The van der Waals surface area contributed by atoms with Gasteiger partial charge in [0.2, 0.25) is 5.88 Å². The Balaban J connectivity index is 2.12. The molecule has 4 heteroatoms. The van der Waals surface area contributed by atoms with E-state index in [1.165, 1.54) is 35.7 Å². The summed E-state index contributed by atoms with van der Waals surface area (Å²) < 4.78 is 9.29. The average Bonchev–Trinajstić information content (AvgIpc) is 2.67. The molecule has 0 amide bonds. The van der Waals surface area contributed by atoms with Gasteiger partial charge in [0.05, 0.1) is 7.11 Å². The third-order valence-corrected chi connectivity index (χ3v) is 3.80. The van der Waals surface area contributed by atoms with Crippen LogP contribution in [0.25, 0.3) is 0 Å². The summed E-state index contributed by atoms with van der Waals surface area (Å²) in [6, 6.07) is 2.34. The molecule has 1 aromatic rings. The molecule has 2 N–H and O–H groups in total. The van der Waals surface area contributed by atoms with E-state index in [9.17, 15) is 0 Å². The molecule has 1 saturated carbocycles. The van der Waals surface area contributed by atoms with Gasteiger partial charge in [-0.1, -0.05) is 12.8 Å². The second-order valence-corrected chi connectivity index (χ2v) is 4.66. The summed E-state index contributed by atoms with van der Waals surface area (Å²) >= 11 is 1.53. The van der Waals surface area contributed by atoms with E-state index >= 15 is 0 Å². The molecule has 2 atom stereocenters. The lowest BCUT2D eigenvalue weighted by molar-refractivity contribution is 0.385. The molecule has 0 aliphatic heterocycles. The van der Waals surface area contributed by atoms with E-state index in [0.29, 0.717) is 12.0 Å². The Morgan fingerprint density at radius 2 is 2.29 bits per heavy atom. The average molecular weight is 212 g/mol. The molecule has 0 saturated heterocycles. The van der Waals surface area contributed by atoms with Gasteiger partial charge < -0.3 is 10.5 Å². The topological polar surface area (TPSA) is 48.1 Å². The Morgan fingerprint density at radius 1 is 1.50 bits per heavy atom. The van der Waals surface area contributed by atoms with Crippen molar-refractivity contribution >= 4 is 11.5 Å². The van der Waals surface area contributed by atoms with Gasteiger partial charge in [0.25, 0.3) is 0 Å². The van der Waals surface area contributed by atoms with Gasteiger partial charge in [0, 0.05) is 22.9 Å². The Hall–Kier alpha value is -0.610. The molecule has 1 fully saturated rings. The fourth-order valence-corrected chi connectivity index (χ4v) is 2.96. The standard InChI is InChI=1S/C10H16N2OS/c1-13-10-6-9(14-12-10)7-4-2-3-5-8(7)11/h6-8H,2-5,11H2,1H3. The molecular weight excluding hydrogens is 196 g/mol. The monoisotopic (exact) mass is 212 g/mol. The Bertz CT molecular complexity index is 300. The van der Waals surface area contributed by atoms with Crippen molar-refractivity contribution in [1.82, 2.24) is 4.37 Å². The molecule has 0 spiro atoms. The molecule has 14 heavy (non-hydrogen) atoms. The molecule has 78 valence electrons. The van der Waals surface area contributed by atoms with Crippen LogP contribution in [-0.4, -0.2) is 17.5 Å². The van der Waals surface area contributed by atoms with Crippen LogP contribution in [0.15, 0.2) is 6.07 Å². The van der Waals surface area contributed by atoms with Crippen molar-refractivity contribution in [3.63, 3.8) is 0 Å². The molecule has 1 aliphatic rings. The van der Waals surface area contributed by atoms with Gasteiger partial charge in [0.15, 0.2) is 0 Å². The minimum atomic E-state index is 0.314. The third kappa shape index (κ3) is 1.91. The van der Waals surface area contributed by atoms with Gasteiger partial charge in [-0.3, -0.25) is 0 Å². The van der Waals surface area contributed by atoms with Crippen LogP contribution < -0.4 is 10.5 Å². The molecule has 0 bridgehead atoms. The van der Waals surface area contributed by atoms with Crippen molar-refractivity contribution in [2.24, 2.45) is 5.73 Å². The van der Waals surface area contributed by atoms with Gasteiger partial charge >= 0.3 is 0 Å². The van der Waals surface area contributed by atoms with Crippen LogP contribution >= 0.6 is 11.5 Å². The number of hydrogen-bond acceptors (Lipinski definition) is 4. The number of nitrogens with zero attached hydrogens (tertiary/aromatic N) is 1. The Morgan fingerprint density at radius 3 is 2.93 bits per heavy atom. The molecule has 1 heterocycles. The lowest BCUT2D eigenvalue weighted by atomic mass is 9.84. The molecule has 2 unspecified atom stereocenters. The first-order valence-electron chi connectivity index (χ1n) is 5.07. The fraction of sp³-hybridized carbons (Fsp3) is 0.700. The quantitative estimate of drug-likeness (QED) is 0.817. The lowest BCUT2D eigenvalue weighted by Gasteiger charge is -2.27. The summed E-state index contributed by atoms with van der Waals surface area (Å²) in [5, 5.41) is 0.